The van der Waals surface area contributed by atoms with Crippen LogP contribution in [0.2, 0.25) is 0 Å². The lowest BCUT2D eigenvalue weighted by atomic mass is 10.3. The van der Waals surface area contributed by atoms with Crippen molar-refractivity contribution in [2.45, 2.75) is 18.8 Å². The molecule has 0 radical (unpaired) electrons. The molecule has 2 heterocycles. The minimum atomic E-state index is -0.671. The highest BCUT2D eigenvalue weighted by Crippen LogP contribution is 2.41. The molecule has 1 aliphatic carbocycles. The Morgan fingerprint density at radius 3 is 2.89 bits per heavy atom. The first-order valence-electron chi connectivity index (χ1n) is 5.75. The molecule has 19 heavy (non-hydrogen) atoms. The van der Waals surface area contributed by atoms with Crippen molar-refractivity contribution in [1.29, 1.82) is 0 Å². The van der Waals surface area contributed by atoms with E-state index in [-0.39, 0.29) is 17.3 Å². The summed E-state index contributed by atoms with van der Waals surface area (Å²) in [7, 11) is 0. The zero-order valence-electron chi connectivity index (χ0n) is 9.84. The number of anilines is 1. The van der Waals surface area contributed by atoms with Gasteiger partial charge < -0.3 is 11.1 Å². The third-order valence-electron chi connectivity index (χ3n) is 2.81. The average molecular weight is 277 g/mol. The zero-order valence-corrected chi connectivity index (χ0v) is 10.7. The number of carbonyl (C=O) groups excluding carboxylic acids is 2. The van der Waals surface area contributed by atoms with Crippen molar-refractivity contribution < 1.29 is 9.59 Å². The molecular formula is C11H11N5O2S. The van der Waals surface area contributed by atoms with Gasteiger partial charge >= 0.3 is 0 Å². The Kier molecular flexibility index (Phi) is 2.79. The number of aromatic amines is 1. The minimum Gasteiger partial charge on any atom is -0.364 e. The Labute approximate surface area is 112 Å². The van der Waals surface area contributed by atoms with Gasteiger partial charge in [-0.2, -0.15) is 5.10 Å². The Hall–Kier alpha value is -2.22. The van der Waals surface area contributed by atoms with Gasteiger partial charge in [-0.05, 0) is 12.8 Å². The molecule has 2 aromatic rings. The number of hydrogen-bond donors (Lipinski definition) is 3. The standard InChI is InChI=1S/C11H11N5O2S/c12-9(17)8-6(3-14-16-8)15-10(18)7-4-13-11(19-7)5-1-2-5/h3-5H,1-2H2,(H2,12,17)(H,14,16)(H,15,18). The van der Waals surface area contributed by atoms with Gasteiger partial charge in [-0.1, -0.05) is 0 Å². The normalized spacial score (nSPS) is 14.3. The van der Waals surface area contributed by atoms with E-state index in [1.165, 1.54) is 17.5 Å². The maximum absolute atomic E-state index is 12.0. The van der Waals surface area contributed by atoms with Crippen LogP contribution < -0.4 is 11.1 Å². The largest absolute Gasteiger partial charge is 0.364 e. The van der Waals surface area contributed by atoms with E-state index in [9.17, 15) is 9.59 Å². The molecule has 0 spiro atoms. The summed E-state index contributed by atoms with van der Waals surface area (Å²) in [5.41, 5.74) is 5.51. The van der Waals surface area contributed by atoms with Crippen LogP contribution in [-0.2, 0) is 0 Å². The van der Waals surface area contributed by atoms with Crippen molar-refractivity contribution in [3.05, 3.63) is 28.0 Å². The topological polar surface area (TPSA) is 114 Å². The summed E-state index contributed by atoms with van der Waals surface area (Å²) in [6.45, 7) is 0. The van der Waals surface area contributed by atoms with Crippen LogP contribution in [0.4, 0.5) is 5.69 Å². The summed E-state index contributed by atoms with van der Waals surface area (Å²) >= 11 is 1.38. The van der Waals surface area contributed by atoms with E-state index in [0.29, 0.717) is 10.8 Å². The molecule has 0 bridgehead atoms. The van der Waals surface area contributed by atoms with Crippen LogP contribution in [0.1, 0.15) is 43.9 Å². The van der Waals surface area contributed by atoms with Crippen molar-refractivity contribution in [2.24, 2.45) is 5.73 Å². The molecule has 2 aromatic heterocycles. The number of primary amides is 1. The Morgan fingerprint density at radius 2 is 2.21 bits per heavy atom. The van der Waals surface area contributed by atoms with E-state index in [1.54, 1.807) is 6.20 Å². The van der Waals surface area contributed by atoms with E-state index in [0.717, 1.165) is 17.8 Å². The number of thiazole rings is 1. The molecule has 7 nitrogen and oxygen atoms in total. The second-order valence-electron chi connectivity index (χ2n) is 4.31. The first-order valence-corrected chi connectivity index (χ1v) is 6.57. The lowest BCUT2D eigenvalue weighted by molar-refractivity contribution is 0.0996. The fourth-order valence-corrected chi connectivity index (χ4v) is 2.65. The van der Waals surface area contributed by atoms with E-state index >= 15 is 0 Å². The summed E-state index contributed by atoms with van der Waals surface area (Å²) in [5, 5.41) is 9.72. The van der Waals surface area contributed by atoms with E-state index in [4.69, 9.17) is 5.73 Å². The molecule has 1 aliphatic rings. The number of nitrogens with zero attached hydrogens (tertiary/aromatic N) is 2. The molecule has 3 rings (SSSR count). The molecule has 0 saturated heterocycles. The van der Waals surface area contributed by atoms with E-state index < -0.39 is 5.91 Å². The fourth-order valence-electron chi connectivity index (χ4n) is 1.66. The summed E-state index contributed by atoms with van der Waals surface area (Å²) in [6.07, 6.45) is 5.18. The molecule has 0 atom stereocenters. The summed E-state index contributed by atoms with van der Waals surface area (Å²) < 4.78 is 0. The van der Waals surface area contributed by atoms with Gasteiger partial charge in [0.15, 0.2) is 0 Å². The Bertz CT molecular complexity index is 643. The highest BCUT2D eigenvalue weighted by atomic mass is 32.1. The number of nitrogens with one attached hydrogen (secondary N) is 2. The molecule has 1 saturated carbocycles. The van der Waals surface area contributed by atoms with Crippen molar-refractivity contribution in [3.63, 3.8) is 0 Å². The molecule has 98 valence electrons. The molecule has 2 amide bonds. The van der Waals surface area contributed by atoms with Gasteiger partial charge in [0.1, 0.15) is 10.6 Å². The third kappa shape index (κ3) is 2.34. The number of rotatable bonds is 4. The van der Waals surface area contributed by atoms with E-state index in [2.05, 4.69) is 20.5 Å². The van der Waals surface area contributed by atoms with E-state index in [1.807, 2.05) is 0 Å². The number of carbonyl (C=O) groups is 2. The first kappa shape index (κ1) is 11.8. The molecule has 0 unspecified atom stereocenters. The number of nitrogens with two attached hydrogens (primary N) is 1. The molecular weight excluding hydrogens is 266 g/mol. The SMILES string of the molecule is NC(=O)c1[nH]ncc1NC(=O)c1cnc(C2CC2)s1. The zero-order chi connectivity index (χ0) is 13.4. The predicted molar refractivity (Wildman–Crippen MR) is 69.1 cm³/mol. The van der Waals surface area contributed by atoms with Crippen LogP contribution in [0.5, 0.6) is 0 Å². The van der Waals surface area contributed by atoms with Gasteiger partial charge in [-0.25, -0.2) is 4.98 Å². The lowest BCUT2D eigenvalue weighted by Crippen LogP contribution is -2.17. The van der Waals surface area contributed by atoms with Crippen LogP contribution in [0.15, 0.2) is 12.4 Å². The van der Waals surface area contributed by atoms with Crippen LogP contribution in [0, 0.1) is 0 Å². The smallest absolute Gasteiger partial charge is 0.268 e. The Morgan fingerprint density at radius 1 is 1.42 bits per heavy atom. The van der Waals surface area contributed by atoms with Crippen LogP contribution >= 0.6 is 11.3 Å². The van der Waals surface area contributed by atoms with Crippen molar-refractivity contribution in [3.8, 4) is 0 Å². The van der Waals surface area contributed by atoms with Gasteiger partial charge in [-0.3, -0.25) is 14.7 Å². The molecule has 4 N–H and O–H groups in total. The van der Waals surface area contributed by atoms with Gasteiger partial charge in [-0.15, -0.1) is 11.3 Å². The maximum Gasteiger partial charge on any atom is 0.268 e. The summed E-state index contributed by atoms with van der Waals surface area (Å²) in [5.74, 6) is -0.467. The maximum atomic E-state index is 12.0. The minimum absolute atomic E-state index is 0.0836. The second kappa shape index (κ2) is 4.47. The number of aromatic nitrogens is 3. The van der Waals surface area contributed by atoms with Crippen molar-refractivity contribution >= 4 is 28.8 Å². The fraction of sp³-hybridized carbons (Fsp3) is 0.273. The van der Waals surface area contributed by atoms with Crippen LogP contribution in [0.25, 0.3) is 0 Å². The number of H-pyrrole nitrogens is 1. The highest BCUT2D eigenvalue weighted by Gasteiger charge is 2.27. The lowest BCUT2D eigenvalue weighted by Gasteiger charge is -2.01. The number of amides is 2. The van der Waals surface area contributed by atoms with Crippen molar-refractivity contribution in [2.75, 3.05) is 5.32 Å². The second-order valence-corrected chi connectivity index (χ2v) is 5.38. The quantitative estimate of drug-likeness (QED) is 0.776. The average Bonchev–Trinajstić information content (AvgIpc) is 2.92. The molecule has 0 aliphatic heterocycles. The van der Waals surface area contributed by atoms with Gasteiger partial charge in [0.25, 0.3) is 11.8 Å². The third-order valence-corrected chi connectivity index (χ3v) is 3.97. The van der Waals surface area contributed by atoms with Crippen molar-refractivity contribution in [1.82, 2.24) is 15.2 Å². The summed E-state index contributed by atoms with van der Waals surface area (Å²) in [6, 6.07) is 0. The first-order chi connectivity index (χ1) is 9.15. The van der Waals surface area contributed by atoms with Gasteiger partial charge in [0.05, 0.1) is 23.1 Å². The molecule has 8 heteroatoms. The van der Waals surface area contributed by atoms with Crippen LogP contribution in [-0.4, -0.2) is 27.0 Å². The monoisotopic (exact) mass is 277 g/mol. The number of hydrogen-bond acceptors (Lipinski definition) is 5. The molecule has 0 aromatic carbocycles. The predicted octanol–water partition coefficient (Wildman–Crippen LogP) is 1.09. The van der Waals surface area contributed by atoms with Crippen LogP contribution in [0.3, 0.4) is 0 Å². The highest BCUT2D eigenvalue weighted by molar-refractivity contribution is 7.13. The van der Waals surface area contributed by atoms with Gasteiger partial charge in [0, 0.05) is 5.92 Å². The van der Waals surface area contributed by atoms with Gasteiger partial charge in [0.2, 0.25) is 0 Å². The molecule has 1 fully saturated rings. The Balaban J connectivity index is 1.76. The summed E-state index contributed by atoms with van der Waals surface area (Å²) in [4.78, 5) is 27.8.